The Kier molecular flexibility index (Phi) is 6.55. The molecule has 5 heteroatoms. The first-order valence-electron chi connectivity index (χ1n) is 2.49. The molecule has 0 aliphatic rings. The van der Waals surface area contributed by atoms with Gasteiger partial charge in [0.25, 0.3) is 0 Å². The maximum atomic E-state index is 9.79. The maximum Gasteiger partial charge on any atom is 0.195 e. The van der Waals surface area contributed by atoms with Crippen molar-refractivity contribution in [3.8, 4) is 0 Å². The van der Waals surface area contributed by atoms with E-state index in [-0.39, 0.29) is 17.5 Å². The Hall–Kier alpha value is -1.39. The lowest BCUT2D eigenvalue weighted by molar-refractivity contribution is -0.134. The molecule has 0 heterocycles. The second-order valence-corrected chi connectivity index (χ2v) is 1.57. The minimum atomic E-state index is -0.380. The van der Waals surface area contributed by atoms with Crippen LogP contribution in [0.3, 0.4) is 0 Å². The van der Waals surface area contributed by atoms with Crippen LogP contribution in [-0.4, -0.2) is 17.5 Å². The van der Waals surface area contributed by atoms with Crippen LogP contribution >= 0.6 is 0 Å². The molecule has 0 spiro atoms. The third-order valence-corrected chi connectivity index (χ3v) is 0.496. The summed E-state index contributed by atoms with van der Waals surface area (Å²) in [5.74, 6) is -1.09. The molecule has 0 saturated carbocycles. The fourth-order valence-electron chi connectivity index (χ4n) is 0. The van der Waals surface area contributed by atoms with E-state index in [0.29, 0.717) is 0 Å². The van der Waals surface area contributed by atoms with E-state index in [1.807, 2.05) is 0 Å². The van der Waals surface area contributed by atoms with Crippen LogP contribution in [0, 0.1) is 5.41 Å². The number of hydrogen-bond donors (Lipinski definition) is 3. The fourth-order valence-corrected chi connectivity index (χ4v) is 0. The summed E-state index contributed by atoms with van der Waals surface area (Å²) in [6.45, 7) is 2.50. The van der Waals surface area contributed by atoms with E-state index >= 15 is 0 Å². The van der Waals surface area contributed by atoms with Crippen molar-refractivity contribution in [3.63, 3.8) is 0 Å². The molecule has 0 amide bonds. The van der Waals surface area contributed by atoms with Crippen molar-refractivity contribution in [2.45, 2.75) is 13.8 Å². The third-order valence-electron chi connectivity index (χ3n) is 0.496. The highest BCUT2D eigenvalue weighted by Gasteiger charge is 1.94. The van der Waals surface area contributed by atoms with Gasteiger partial charge in [-0.15, -0.1) is 0 Å². The number of nitrogens with two attached hydrogens (primary N) is 2. The molecule has 0 aliphatic carbocycles. The van der Waals surface area contributed by atoms with Crippen molar-refractivity contribution in [2.75, 3.05) is 0 Å². The van der Waals surface area contributed by atoms with Gasteiger partial charge in [-0.05, 0) is 0 Å². The van der Waals surface area contributed by atoms with E-state index in [1.54, 1.807) is 0 Å². The minimum absolute atomic E-state index is 0.333. The second-order valence-electron chi connectivity index (χ2n) is 1.57. The molecule has 0 radical (unpaired) electrons. The Bertz CT molecular complexity index is 137. The number of ketones is 2. The average molecular weight is 145 g/mol. The van der Waals surface area contributed by atoms with Crippen molar-refractivity contribution < 1.29 is 9.59 Å². The van der Waals surface area contributed by atoms with Crippen LogP contribution in [0.2, 0.25) is 0 Å². The van der Waals surface area contributed by atoms with Crippen LogP contribution in [0.25, 0.3) is 0 Å². The standard InChI is InChI=1S/C4H6O2.CH5N3/c1-3(5)4(2)6;2-1(3)4/h1-2H3;(H5,2,3,4). The van der Waals surface area contributed by atoms with Gasteiger partial charge in [0.15, 0.2) is 17.5 Å². The molecule has 0 fully saturated rings. The molecule has 0 rings (SSSR count). The lowest BCUT2D eigenvalue weighted by Crippen LogP contribution is -2.20. The van der Waals surface area contributed by atoms with E-state index in [1.165, 1.54) is 13.8 Å². The van der Waals surface area contributed by atoms with Crippen molar-refractivity contribution in [3.05, 3.63) is 0 Å². The van der Waals surface area contributed by atoms with Crippen molar-refractivity contribution >= 4 is 17.5 Å². The zero-order valence-electron chi connectivity index (χ0n) is 5.97. The zero-order chi connectivity index (χ0) is 8.73. The summed E-state index contributed by atoms with van der Waals surface area (Å²) >= 11 is 0. The van der Waals surface area contributed by atoms with Gasteiger partial charge in [0.1, 0.15) is 0 Å². The molecule has 0 unspecified atom stereocenters. The van der Waals surface area contributed by atoms with Gasteiger partial charge in [0.05, 0.1) is 0 Å². The normalized spacial score (nSPS) is 7.00. The molecule has 0 bridgehead atoms. The fraction of sp³-hybridized carbons (Fsp3) is 0.400. The van der Waals surface area contributed by atoms with Gasteiger partial charge in [0.2, 0.25) is 0 Å². The lowest BCUT2D eigenvalue weighted by Gasteiger charge is -1.73. The molecular formula is C5H11N3O2. The van der Waals surface area contributed by atoms with Crippen LogP contribution in [0.5, 0.6) is 0 Å². The highest BCUT2D eigenvalue weighted by atomic mass is 16.2. The van der Waals surface area contributed by atoms with Gasteiger partial charge < -0.3 is 11.5 Å². The number of Topliss-reactive ketones (excluding diaryl/α,β-unsaturated/α-hetero) is 2. The Morgan fingerprint density at radius 3 is 1.20 bits per heavy atom. The monoisotopic (exact) mass is 145 g/mol. The molecule has 0 aliphatic heterocycles. The Labute approximate surface area is 58.9 Å². The van der Waals surface area contributed by atoms with Gasteiger partial charge in [0, 0.05) is 13.8 Å². The molecule has 0 aromatic carbocycles. The molecule has 0 aromatic rings. The maximum absolute atomic E-state index is 9.79. The summed E-state index contributed by atoms with van der Waals surface area (Å²) in [6, 6.07) is 0. The minimum Gasteiger partial charge on any atom is -0.370 e. The number of guanidine groups is 1. The van der Waals surface area contributed by atoms with Gasteiger partial charge in [-0.1, -0.05) is 0 Å². The van der Waals surface area contributed by atoms with Crippen LogP contribution in [-0.2, 0) is 9.59 Å². The topological polar surface area (TPSA) is 110 Å². The molecule has 5 nitrogen and oxygen atoms in total. The van der Waals surface area contributed by atoms with Crippen LogP contribution < -0.4 is 11.5 Å². The lowest BCUT2D eigenvalue weighted by atomic mass is 10.3. The summed E-state index contributed by atoms with van der Waals surface area (Å²) in [6.07, 6.45) is 0. The molecule has 0 atom stereocenters. The smallest absolute Gasteiger partial charge is 0.195 e. The predicted molar refractivity (Wildman–Crippen MR) is 37.5 cm³/mol. The Morgan fingerprint density at radius 1 is 1.10 bits per heavy atom. The van der Waals surface area contributed by atoms with Crippen molar-refractivity contribution in [1.82, 2.24) is 0 Å². The van der Waals surface area contributed by atoms with Gasteiger partial charge in [-0.3, -0.25) is 15.0 Å². The van der Waals surface area contributed by atoms with Crippen molar-refractivity contribution in [1.29, 1.82) is 5.41 Å². The molecule has 0 aromatic heterocycles. The quantitative estimate of drug-likeness (QED) is 0.250. The van der Waals surface area contributed by atoms with Gasteiger partial charge in [-0.25, -0.2) is 0 Å². The molecular weight excluding hydrogens is 134 g/mol. The van der Waals surface area contributed by atoms with Gasteiger partial charge >= 0.3 is 0 Å². The Balaban J connectivity index is 0. The highest BCUT2D eigenvalue weighted by molar-refractivity contribution is 6.35. The van der Waals surface area contributed by atoms with E-state index in [0.717, 1.165) is 0 Å². The van der Waals surface area contributed by atoms with E-state index in [4.69, 9.17) is 5.41 Å². The predicted octanol–water partition coefficient (Wildman–Crippen LogP) is -0.997. The third kappa shape index (κ3) is 30.5. The molecule has 5 N–H and O–H groups in total. The first kappa shape index (κ1) is 11.4. The summed E-state index contributed by atoms with van der Waals surface area (Å²) < 4.78 is 0. The van der Waals surface area contributed by atoms with E-state index in [2.05, 4.69) is 11.5 Å². The summed E-state index contributed by atoms with van der Waals surface area (Å²) in [5, 5.41) is 6.06. The number of rotatable bonds is 1. The molecule has 58 valence electrons. The summed E-state index contributed by atoms with van der Waals surface area (Å²) in [5.41, 5.74) is 8.94. The second kappa shape index (κ2) is 5.74. The van der Waals surface area contributed by atoms with Gasteiger partial charge in [-0.2, -0.15) is 0 Å². The molecule has 10 heavy (non-hydrogen) atoms. The largest absolute Gasteiger partial charge is 0.370 e. The highest BCUT2D eigenvalue weighted by Crippen LogP contribution is 1.66. The SMILES string of the molecule is CC(=O)C(C)=O.N=C(N)N. The zero-order valence-corrected chi connectivity index (χ0v) is 5.97. The van der Waals surface area contributed by atoms with Crippen LogP contribution in [0.15, 0.2) is 0 Å². The molecule has 0 saturated heterocycles. The van der Waals surface area contributed by atoms with Crippen LogP contribution in [0.1, 0.15) is 13.8 Å². The number of nitrogens with one attached hydrogen (secondary N) is 1. The first-order chi connectivity index (χ1) is 4.37. The van der Waals surface area contributed by atoms with E-state index in [9.17, 15) is 9.59 Å². The van der Waals surface area contributed by atoms with Crippen molar-refractivity contribution in [2.24, 2.45) is 11.5 Å². The summed E-state index contributed by atoms with van der Waals surface area (Å²) in [4.78, 5) is 19.6. The number of hydrogen-bond acceptors (Lipinski definition) is 3. The number of carbonyl (C=O) groups excluding carboxylic acids is 2. The number of carbonyl (C=O) groups is 2. The summed E-state index contributed by atoms with van der Waals surface area (Å²) in [7, 11) is 0. The van der Waals surface area contributed by atoms with Crippen LogP contribution in [0.4, 0.5) is 0 Å². The Morgan fingerprint density at radius 2 is 1.20 bits per heavy atom. The van der Waals surface area contributed by atoms with E-state index < -0.39 is 0 Å². The average Bonchev–Trinajstić information content (AvgIpc) is 1.63. The first-order valence-corrected chi connectivity index (χ1v) is 2.49.